The molecule has 55 heavy (non-hydrogen) atoms. The van der Waals surface area contributed by atoms with Crippen LogP contribution in [0.25, 0.3) is 88.0 Å². The van der Waals surface area contributed by atoms with Crippen molar-refractivity contribution in [1.29, 1.82) is 0 Å². The molecule has 0 unspecified atom stereocenters. The first-order chi connectivity index (χ1) is 27.2. The van der Waals surface area contributed by atoms with Gasteiger partial charge in [0.2, 0.25) is 0 Å². The number of para-hydroxylation sites is 2. The van der Waals surface area contributed by atoms with Crippen LogP contribution in [-0.2, 0) is 0 Å². The maximum Gasteiger partial charge on any atom is 0.143 e. The molecule has 11 rings (SSSR count). The molecular weight excluding hydrogens is 671 g/mol. The van der Waals surface area contributed by atoms with E-state index < -0.39 is 0 Å². The van der Waals surface area contributed by atoms with Crippen LogP contribution in [0.1, 0.15) is 0 Å². The number of hydrogen-bond acceptors (Lipinski definition) is 3. The Balaban J connectivity index is 0.968. The first-order valence-corrected chi connectivity index (χ1v) is 18.7. The SMILES string of the molecule is c1ccc(-c2ccc(-c3cc4c5ccc(-c6ccc(N(c7ccccc7)c7ccc8c(c7)oc7ccccc78)cc6)cc5oc4c4ccccc34)cc2)cc1. The normalized spacial score (nSPS) is 11.6. The summed E-state index contributed by atoms with van der Waals surface area (Å²) in [6, 6.07) is 70.8. The smallest absolute Gasteiger partial charge is 0.143 e. The van der Waals surface area contributed by atoms with E-state index in [4.69, 9.17) is 8.83 Å². The number of furan rings is 2. The first-order valence-electron chi connectivity index (χ1n) is 18.7. The van der Waals surface area contributed by atoms with Gasteiger partial charge in [0.05, 0.1) is 0 Å². The fourth-order valence-electron chi connectivity index (χ4n) is 8.17. The summed E-state index contributed by atoms with van der Waals surface area (Å²) in [5.74, 6) is 0. The average molecular weight is 704 g/mol. The van der Waals surface area contributed by atoms with Crippen molar-refractivity contribution in [2.24, 2.45) is 0 Å². The van der Waals surface area contributed by atoms with Gasteiger partial charge < -0.3 is 13.7 Å². The summed E-state index contributed by atoms with van der Waals surface area (Å²) in [6.07, 6.45) is 0. The maximum absolute atomic E-state index is 6.71. The van der Waals surface area contributed by atoms with Gasteiger partial charge in [0.1, 0.15) is 22.3 Å². The van der Waals surface area contributed by atoms with Gasteiger partial charge in [0.15, 0.2) is 0 Å². The van der Waals surface area contributed by atoms with Crippen LogP contribution in [0, 0.1) is 0 Å². The molecule has 11 aromatic rings. The van der Waals surface area contributed by atoms with Crippen LogP contribution in [0.5, 0.6) is 0 Å². The monoisotopic (exact) mass is 703 g/mol. The van der Waals surface area contributed by atoms with E-state index in [0.29, 0.717) is 0 Å². The second-order valence-electron chi connectivity index (χ2n) is 14.1. The standard InChI is InChI=1S/C52H33NO2/c1-3-11-34(12-4-1)35-19-21-37(22-20-35)47-33-48-45-29-25-38(31-50(45)55-52(48)46-17-8-7-15-42(46)47)36-23-26-40(27-24-36)53(39-13-5-2-6-14-39)41-28-30-44-43-16-9-10-18-49(43)54-51(44)32-41/h1-33H. The van der Waals surface area contributed by atoms with E-state index in [0.717, 1.165) is 77.5 Å². The highest BCUT2D eigenvalue weighted by molar-refractivity contribution is 6.19. The highest BCUT2D eigenvalue weighted by Gasteiger charge is 2.18. The lowest BCUT2D eigenvalue weighted by molar-refractivity contribution is 0.669. The van der Waals surface area contributed by atoms with Gasteiger partial charge >= 0.3 is 0 Å². The third-order valence-corrected chi connectivity index (χ3v) is 10.9. The van der Waals surface area contributed by atoms with Crippen LogP contribution < -0.4 is 4.90 Å². The Morgan fingerprint density at radius 1 is 0.273 bits per heavy atom. The predicted octanol–water partition coefficient (Wildman–Crippen LogP) is 15.1. The van der Waals surface area contributed by atoms with E-state index in [2.05, 4.69) is 187 Å². The zero-order chi connectivity index (χ0) is 36.3. The van der Waals surface area contributed by atoms with Crippen molar-refractivity contribution < 1.29 is 8.83 Å². The van der Waals surface area contributed by atoms with Gasteiger partial charge in [-0.25, -0.2) is 0 Å². The molecule has 0 aliphatic rings. The van der Waals surface area contributed by atoms with Gasteiger partial charge in [-0.15, -0.1) is 0 Å². The second kappa shape index (κ2) is 12.6. The summed E-state index contributed by atoms with van der Waals surface area (Å²) < 4.78 is 13.0. The van der Waals surface area contributed by atoms with E-state index in [-0.39, 0.29) is 0 Å². The molecule has 3 heteroatoms. The van der Waals surface area contributed by atoms with E-state index in [1.807, 2.05) is 18.2 Å². The van der Waals surface area contributed by atoms with Gasteiger partial charge in [-0.3, -0.25) is 0 Å². The minimum Gasteiger partial charge on any atom is -0.456 e. The summed E-state index contributed by atoms with van der Waals surface area (Å²) in [5.41, 5.74) is 13.8. The number of hydrogen-bond donors (Lipinski definition) is 0. The summed E-state index contributed by atoms with van der Waals surface area (Å²) >= 11 is 0. The molecule has 9 aromatic carbocycles. The van der Waals surface area contributed by atoms with Crippen LogP contribution >= 0.6 is 0 Å². The molecule has 0 fully saturated rings. The number of rotatable bonds is 6. The Kier molecular flexibility index (Phi) is 7.17. The Morgan fingerprint density at radius 3 is 1.58 bits per heavy atom. The Labute approximate surface area is 317 Å². The zero-order valence-electron chi connectivity index (χ0n) is 29.8. The highest BCUT2D eigenvalue weighted by Crippen LogP contribution is 2.42. The van der Waals surface area contributed by atoms with Crippen molar-refractivity contribution in [2.45, 2.75) is 0 Å². The fraction of sp³-hybridized carbons (Fsp3) is 0. The molecule has 3 nitrogen and oxygen atoms in total. The van der Waals surface area contributed by atoms with Crippen molar-refractivity contribution in [3.63, 3.8) is 0 Å². The van der Waals surface area contributed by atoms with E-state index >= 15 is 0 Å². The van der Waals surface area contributed by atoms with Crippen LogP contribution in [0.3, 0.4) is 0 Å². The number of fused-ring (bicyclic) bond motifs is 8. The predicted molar refractivity (Wildman–Crippen MR) is 229 cm³/mol. The topological polar surface area (TPSA) is 29.5 Å². The van der Waals surface area contributed by atoms with E-state index in [1.165, 1.54) is 27.6 Å². The van der Waals surface area contributed by atoms with E-state index in [1.54, 1.807) is 0 Å². The Morgan fingerprint density at radius 2 is 0.782 bits per heavy atom. The zero-order valence-corrected chi connectivity index (χ0v) is 29.8. The lowest BCUT2D eigenvalue weighted by atomic mass is 9.94. The molecule has 0 bridgehead atoms. The minimum absolute atomic E-state index is 0.872. The number of anilines is 3. The molecule has 258 valence electrons. The molecule has 0 spiro atoms. The Hall–Kier alpha value is -7.36. The van der Waals surface area contributed by atoms with Crippen molar-refractivity contribution in [3.05, 3.63) is 200 Å². The molecule has 0 radical (unpaired) electrons. The lowest BCUT2D eigenvalue weighted by Crippen LogP contribution is -2.09. The largest absolute Gasteiger partial charge is 0.456 e. The van der Waals surface area contributed by atoms with Gasteiger partial charge in [-0.1, -0.05) is 133 Å². The maximum atomic E-state index is 6.71. The van der Waals surface area contributed by atoms with Crippen LogP contribution in [0.15, 0.2) is 209 Å². The molecule has 0 aliphatic carbocycles. The van der Waals surface area contributed by atoms with Crippen molar-refractivity contribution in [1.82, 2.24) is 0 Å². The molecule has 0 atom stereocenters. The Bertz CT molecular complexity index is 3180. The molecule has 0 saturated carbocycles. The van der Waals surface area contributed by atoms with Gasteiger partial charge in [-0.05, 0) is 99.4 Å². The summed E-state index contributed by atoms with van der Waals surface area (Å²) in [7, 11) is 0. The third kappa shape index (κ3) is 5.28. The molecular formula is C52H33NO2. The van der Waals surface area contributed by atoms with Crippen LogP contribution in [0.2, 0.25) is 0 Å². The highest BCUT2D eigenvalue weighted by atomic mass is 16.3. The first kappa shape index (κ1) is 31.2. The minimum atomic E-state index is 0.872. The van der Waals surface area contributed by atoms with Crippen molar-refractivity contribution in [3.8, 4) is 33.4 Å². The molecule has 0 aliphatic heterocycles. The lowest BCUT2D eigenvalue weighted by Gasteiger charge is -2.25. The fourth-order valence-corrected chi connectivity index (χ4v) is 8.17. The molecule has 0 amide bonds. The van der Waals surface area contributed by atoms with Gasteiger partial charge in [0, 0.05) is 50.1 Å². The van der Waals surface area contributed by atoms with E-state index in [9.17, 15) is 0 Å². The molecule has 0 N–H and O–H groups in total. The van der Waals surface area contributed by atoms with Gasteiger partial charge in [0.25, 0.3) is 0 Å². The second-order valence-corrected chi connectivity index (χ2v) is 14.1. The molecule has 2 heterocycles. The summed E-state index contributed by atoms with van der Waals surface area (Å²) in [5, 5.41) is 6.77. The van der Waals surface area contributed by atoms with Crippen molar-refractivity contribution >= 4 is 71.7 Å². The molecule has 0 saturated heterocycles. The molecule has 2 aromatic heterocycles. The van der Waals surface area contributed by atoms with Crippen LogP contribution in [-0.4, -0.2) is 0 Å². The number of nitrogens with zero attached hydrogens (tertiary/aromatic N) is 1. The third-order valence-electron chi connectivity index (χ3n) is 10.9. The summed E-state index contributed by atoms with van der Waals surface area (Å²) in [6.45, 7) is 0. The summed E-state index contributed by atoms with van der Waals surface area (Å²) in [4.78, 5) is 2.27. The van der Waals surface area contributed by atoms with Gasteiger partial charge in [-0.2, -0.15) is 0 Å². The van der Waals surface area contributed by atoms with Crippen molar-refractivity contribution in [2.75, 3.05) is 4.90 Å². The van der Waals surface area contributed by atoms with Crippen LogP contribution in [0.4, 0.5) is 17.1 Å². The number of benzene rings is 9. The quantitative estimate of drug-likeness (QED) is 0.173. The average Bonchev–Trinajstić information content (AvgIpc) is 3.82.